The van der Waals surface area contributed by atoms with Gasteiger partial charge >= 0.3 is 0 Å². The zero-order valence-electron chi connectivity index (χ0n) is 22.4. The van der Waals surface area contributed by atoms with Crippen molar-refractivity contribution in [1.29, 1.82) is 0 Å². The SMILES string of the molecule is COc1cc(OC2OC(CO)C(O)C(O)C2O)ccc1/C=C\C(=O)c1ccc(OC2OC(CO)C(O)C(O)C2O)cc1. The van der Waals surface area contributed by atoms with Gasteiger partial charge in [-0.3, -0.25) is 4.79 Å². The molecule has 0 bridgehead atoms. The van der Waals surface area contributed by atoms with Gasteiger partial charge in [-0.2, -0.15) is 0 Å². The van der Waals surface area contributed by atoms with Crippen LogP contribution in [0.1, 0.15) is 15.9 Å². The lowest BCUT2D eigenvalue weighted by molar-refractivity contribution is -0.277. The number of hydrogen-bond acceptors (Lipinski definition) is 14. The van der Waals surface area contributed by atoms with Gasteiger partial charge in [0, 0.05) is 17.2 Å². The number of ether oxygens (including phenoxy) is 5. The minimum Gasteiger partial charge on any atom is -0.496 e. The van der Waals surface area contributed by atoms with Crippen LogP contribution in [0.2, 0.25) is 0 Å². The van der Waals surface area contributed by atoms with Gasteiger partial charge in [-0.15, -0.1) is 0 Å². The molecule has 0 aliphatic carbocycles. The first-order valence-corrected chi connectivity index (χ1v) is 13.0. The predicted molar refractivity (Wildman–Crippen MR) is 142 cm³/mol. The van der Waals surface area contributed by atoms with E-state index in [0.29, 0.717) is 16.9 Å². The van der Waals surface area contributed by atoms with Crippen LogP contribution in [0.25, 0.3) is 6.08 Å². The van der Waals surface area contributed by atoms with E-state index < -0.39 is 74.6 Å². The molecule has 2 fully saturated rings. The Morgan fingerprint density at radius 2 is 1.24 bits per heavy atom. The fourth-order valence-electron chi connectivity index (χ4n) is 4.46. The average Bonchev–Trinajstić information content (AvgIpc) is 3.00. The molecule has 14 heteroatoms. The molecule has 42 heavy (non-hydrogen) atoms. The molecule has 0 spiro atoms. The van der Waals surface area contributed by atoms with Crippen molar-refractivity contribution in [3.05, 3.63) is 59.7 Å². The Kier molecular flexibility index (Phi) is 10.5. The molecule has 10 atom stereocenters. The number of aliphatic hydroxyl groups is 8. The lowest BCUT2D eigenvalue weighted by Crippen LogP contribution is -2.60. The van der Waals surface area contributed by atoms with Crippen LogP contribution < -0.4 is 14.2 Å². The molecule has 0 amide bonds. The summed E-state index contributed by atoms with van der Waals surface area (Å²) in [6.45, 7) is -1.19. The van der Waals surface area contributed by atoms with E-state index in [1.165, 1.54) is 55.7 Å². The van der Waals surface area contributed by atoms with Gasteiger partial charge in [-0.25, -0.2) is 0 Å². The first-order valence-electron chi connectivity index (χ1n) is 13.0. The number of carbonyl (C=O) groups excluding carboxylic acids is 1. The maximum atomic E-state index is 12.8. The van der Waals surface area contributed by atoms with Crippen molar-refractivity contribution < 1.29 is 69.3 Å². The van der Waals surface area contributed by atoms with Crippen LogP contribution in [0.5, 0.6) is 17.2 Å². The number of carbonyl (C=O) groups is 1. The van der Waals surface area contributed by atoms with Gasteiger partial charge in [-0.1, -0.05) is 0 Å². The number of benzene rings is 2. The van der Waals surface area contributed by atoms with Crippen LogP contribution in [-0.4, -0.2) is 128 Å². The maximum Gasteiger partial charge on any atom is 0.229 e. The molecule has 0 saturated carbocycles. The third kappa shape index (κ3) is 6.90. The average molecular weight is 595 g/mol. The smallest absolute Gasteiger partial charge is 0.229 e. The molecule has 2 aromatic rings. The van der Waals surface area contributed by atoms with Crippen molar-refractivity contribution in [3.8, 4) is 17.2 Å². The monoisotopic (exact) mass is 594 g/mol. The largest absolute Gasteiger partial charge is 0.496 e. The molecular formula is C28H34O14. The molecule has 10 unspecified atom stereocenters. The Labute approximate surface area is 240 Å². The third-order valence-electron chi connectivity index (χ3n) is 6.96. The zero-order valence-corrected chi connectivity index (χ0v) is 22.4. The van der Waals surface area contributed by atoms with Crippen LogP contribution >= 0.6 is 0 Å². The quantitative estimate of drug-likeness (QED) is 0.110. The minimum absolute atomic E-state index is 0.189. The summed E-state index contributed by atoms with van der Waals surface area (Å²) >= 11 is 0. The highest BCUT2D eigenvalue weighted by molar-refractivity contribution is 6.07. The second-order valence-corrected chi connectivity index (χ2v) is 9.76. The minimum atomic E-state index is -1.59. The summed E-state index contributed by atoms with van der Waals surface area (Å²) in [5.41, 5.74) is 0.809. The summed E-state index contributed by atoms with van der Waals surface area (Å²) in [7, 11) is 1.40. The van der Waals surface area contributed by atoms with Gasteiger partial charge in [0.05, 0.1) is 20.3 Å². The Hall–Kier alpha value is -3.15. The highest BCUT2D eigenvalue weighted by Gasteiger charge is 2.45. The lowest BCUT2D eigenvalue weighted by Gasteiger charge is -2.39. The third-order valence-corrected chi connectivity index (χ3v) is 6.96. The van der Waals surface area contributed by atoms with Crippen molar-refractivity contribution in [3.63, 3.8) is 0 Å². The molecule has 2 heterocycles. The fraction of sp³-hybridized carbons (Fsp3) is 0.464. The van der Waals surface area contributed by atoms with Crippen LogP contribution in [0.4, 0.5) is 0 Å². The highest BCUT2D eigenvalue weighted by atomic mass is 16.7. The van der Waals surface area contributed by atoms with Crippen molar-refractivity contribution in [2.24, 2.45) is 0 Å². The molecule has 2 aliphatic rings. The Morgan fingerprint density at radius 3 is 1.74 bits per heavy atom. The molecule has 14 nitrogen and oxygen atoms in total. The van der Waals surface area contributed by atoms with Gasteiger partial charge in [0.2, 0.25) is 12.6 Å². The number of hydrogen-bond donors (Lipinski definition) is 8. The van der Waals surface area contributed by atoms with E-state index in [2.05, 4.69) is 0 Å². The Bertz CT molecular complexity index is 1220. The zero-order chi connectivity index (χ0) is 30.6. The van der Waals surface area contributed by atoms with Gasteiger partial charge < -0.3 is 64.5 Å². The topological polar surface area (TPSA) is 225 Å². The molecule has 4 rings (SSSR count). The first kappa shape index (κ1) is 31.8. The normalized spacial score (nSPS) is 33.4. The summed E-state index contributed by atoms with van der Waals surface area (Å²) in [6.07, 6.45) is -11.5. The second-order valence-electron chi connectivity index (χ2n) is 9.76. The molecule has 0 aromatic heterocycles. The Balaban J connectivity index is 1.39. The van der Waals surface area contributed by atoms with Gasteiger partial charge in [0.25, 0.3) is 0 Å². The number of aliphatic hydroxyl groups excluding tert-OH is 8. The van der Waals surface area contributed by atoms with Crippen molar-refractivity contribution in [2.75, 3.05) is 20.3 Å². The van der Waals surface area contributed by atoms with E-state index in [-0.39, 0.29) is 17.3 Å². The number of allylic oxidation sites excluding steroid dienone is 1. The maximum absolute atomic E-state index is 12.8. The van der Waals surface area contributed by atoms with Crippen LogP contribution in [0.15, 0.2) is 48.5 Å². The summed E-state index contributed by atoms with van der Waals surface area (Å²) in [4.78, 5) is 12.8. The van der Waals surface area contributed by atoms with Crippen LogP contribution in [0.3, 0.4) is 0 Å². The fourth-order valence-corrected chi connectivity index (χ4v) is 4.46. The van der Waals surface area contributed by atoms with Crippen LogP contribution in [0, 0.1) is 0 Å². The number of ketones is 1. The second kappa shape index (κ2) is 13.9. The van der Waals surface area contributed by atoms with Crippen molar-refractivity contribution >= 4 is 11.9 Å². The van der Waals surface area contributed by atoms with E-state index in [4.69, 9.17) is 23.7 Å². The predicted octanol–water partition coefficient (Wildman–Crippen LogP) is -2.05. The number of rotatable bonds is 10. The van der Waals surface area contributed by atoms with E-state index in [1.807, 2.05) is 0 Å². The highest BCUT2D eigenvalue weighted by Crippen LogP contribution is 2.30. The standard InChI is InChI=1S/C28H34O14/c1-38-18-10-16(40-28-26(37)24(35)22(33)20(12-30)42-28)8-4-14(18)5-9-17(31)13-2-6-15(7-3-13)39-27-25(36)23(34)21(32)19(11-29)41-27/h2-10,19-30,32-37H,11-12H2,1H3/b9-5-. The first-order chi connectivity index (χ1) is 20.1. The van der Waals surface area contributed by atoms with E-state index in [1.54, 1.807) is 6.07 Å². The van der Waals surface area contributed by atoms with Crippen LogP contribution in [-0.2, 0) is 9.47 Å². The molecule has 2 aromatic carbocycles. The van der Waals surface area contributed by atoms with Gasteiger partial charge in [0.15, 0.2) is 5.78 Å². The van der Waals surface area contributed by atoms with E-state index >= 15 is 0 Å². The number of methoxy groups -OCH3 is 1. The Morgan fingerprint density at radius 1 is 0.738 bits per heavy atom. The van der Waals surface area contributed by atoms with E-state index in [0.717, 1.165) is 0 Å². The molecule has 2 saturated heterocycles. The summed E-state index contributed by atoms with van der Waals surface area (Å²) in [6, 6.07) is 10.4. The molecule has 8 N–H and O–H groups in total. The summed E-state index contributed by atoms with van der Waals surface area (Å²) < 4.78 is 27.2. The van der Waals surface area contributed by atoms with Crippen molar-refractivity contribution in [2.45, 2.75) is 61.4 Å². The molecule has 0 radical (unpaired) electrons. The van der Waals surface area contributed by atoms with Gasteiger partial charge in [-0.05, 0) is 48.6 Å². The summed E-state index contributed by atoms with van der Waals surface area (Å²) in [5, 5.41) is 78.6. The molecule has 230 valence electrons. The molecule has 2 aliphatic heterocycles. The van der Waals surface area contributed by atoms with Crippen molar-refractivity contribution in [1.82, 2.24) is 0 Å². The molecular weight excluding hydrogens is 560 g/mol. The van der Waals surface area contributed by atoms with E-state index in [9.17, 15) is 45.6 Å². The lowest BCUT2D eigenvalue weighted by atomic mass is 9.99. The van der Waals surface area contributed by atoms with Gasteiger partial charge in [0.1, 0.15) is 66.1 Å². The summed E-state index contributed by atoms with van der Waals surface area (Å²) in [5.74, 6) is 0.341.